The maximum absolute atomic E-state index is 13.5. The predicted molar refractivity (Wildman–Crippen MR) is 145 cm³/mol. The first-order valence-corrected chi connectivity index (χ1v) is 13.9. The summed E-state index contributed by atoms with van der Waals surface area (Å²) in [5, 5.41) is 7.96. The van der Waals surface area contributed by atoms with E-state index >= 15 is 0 Å². The number of thiophene rings is 1. The number of anilines is 3. The zero-order valence-corrected chi connectivity index (χ0v) is 21.7. The van der Waals surface area contributed by atoms with Crippen molar-refractivity contribution in [3.63, 3.8) is 0 Å². The number of nitrogens with one attached hydrogen (secondary N) is 2. The van der Waals surface area contributed by atoms with Crippen LogP contribution >= 0.6 is 11.3 Å². The Morgan fingerprint density at radius 3 is 2.51 bits per heavy atom. The molecule has 35 heavy (non-hydrogen) atoms. The van der Waals surface area contributed by atoms with Crippen molar-refractivity contribution in [3.8, 4) is 0 Å². The third kappa shape index (κ3) is 5.14. The third-order valence-electron chi connectivity index (χ3n) is 7.36. The summed E-state index contributed by atoms with van der Waals surface area (Å²) < 4.78 is 1.09. The van der Waals surface area contributed by atoms with Gasteiger partial charge in [0.2, 0.25) is 0 Å². The Balaban J connectivity index is 1.44. The number of piperazine rings is 1. The molecule has 1 aliphatic carbocycles. The number of hydrogen-bond donors (Lipinski definition) is 2. The highest BCUT2D eigenvalue weighted by atomic mass is 32.1. The van der Waals surface area contributed by atoms with Crippen LogP contribution in [0.5, 0.6) is 0 Å². The lowest BCUT2D eigenvalue weighted by atomic mass is 9.82. The lowest BCUT2D eigenvalue weighted by Crippen LogP contribution is -2.43. The zero-order valence-electron chi connectivity index (χ0n) is 20.8. The summed E-state index contributed by atoms with van der Waals surface area (Å²) in [4.78, 5) is 28.0. The molecular formula is C27H36N6OS. The molecular weight excluding hydrogens is 456 g/mol. The van der Waals surface area contributed by atoms with Gasteiger partial charge in [0.1, 0.15) is 11.6 Å². The van der Waals surface area contributed by atoms with Crippen molar-refractivity contribution in [2.75, 3.05) is 49.5 Å². The van der Waals surface area contributed by atoms with Gasteiger partial charge in [0.25, 0.3) is 5.91 Å². The van der Waals surface area contributed by atoms with Crippen LogP contribution < -0.4 is 15.5 Å². The van der Waals surface area contributed by atoms with Crippen LogP contribution in [0.3, 0.4) is 0 Å². The first-order chi connectivity index (χ1) is 17.2. The molecule has 1 amide bonds. The number of carbonyl (C=O) groups is 1. The second-order valence-electron chi connectivity index (χ2n) is 9.49. The Hall–Kier alpha value is -2.71. The minimum Gasteiger partial charge on any atom is -0.368 e. The first-order valence-electron chi connectivity index (χ1n) is 13.1. The summed E-state index contributed by atoms with van der Waals surface area (Å²) in [6, 6.07) is 6.27. The van der Waals surface area contributed by atoms with Gasteiger partial charge in [-0.15, -0.1) is 11.3 Å². The van der Waals surface area contributed by atoms with E-state index in [1.165, 1.54) is 30.2 Å². The van der Waals surface area contributed by atoms with Crippen molar-refractivity contribution in [1.29, 1.82) is 0 Å². The molecule has 0 bridgehead atoms. The number of carbonyl (C=O) groups excluding carboxylic acids is 1. The molecule has 1 saturated carbocycles. The van der Waals surface area contributed by atoms with Gasteiger partial charge < -0.3 is 20.4 Å². The molecule has 4 heterocycles. The number of amides is 1. The molecule has 1 saturated heterocycles. The number of rotatable bonds is 7. The molecule has 0 atom stereocenters. The molecule has 5 rings (SSSR count). The van der Waals surface area contributed by atoms with Crippen LogP contribution in [0.1, 0.15) is 67.1 Å². The van der Waals surface area contributed by atoms with E-state index in [2.05, 4.69) is 51.5 Å². The van der Waals surface area contributed by atoms with Gasteiger partial charge in [0.15, 0.2) is 0 Å². The monoisotopic (exact) mass is 492 g/mol. The van der Waals surface area contributed by atoms with E-state index in [-0.39, 0.29) is 5.91 Å². The standard InChI is InChI=1S/C27H36N6OS/c1-3-32(4-2)27(34)26-25(19-8-6-5-7-9-19)21-16-24(30-18-22(21)35-26)31-23-11-10-20(17-29-23)33-14-12-28-13-15-33/h10-11,16-19,28H,3-9,12-15H2,1-2H3,(H,29,30,31). The average molecular weight is 493 g/mol. The smallest absolute Gasteiger partial charge is 0.264 e. The Bertz CT molecular complexity index is 1140. The molecule has 2 N–H and O–H groups in total. The van der Waals surface area contributed by atoms with E-state index in [0.717, 1.165) is 79.0 Å². The van der Waals surface area contributed by atoms with Gasteiger partial charge in [-0.3, -0.25) is 4.79 Å². The fraction of sp³-hybridized carbons (Fsp3) is 0.519. The van der Waals surface area contributed by atoms with Gasteiger partial charge in [-0.1, -0.05) is 19.3 Å². The van der Waals surface area contributed by atoms with Crippen molar-refractivity contribution < 1.29 is 4.79 Å². The van der Waals surface area contributed by atoms with Gasteiger partial charge in [0.05, 0.1) is 21.5 Å². The molecule has 2 fully saturated rings. The SMILES string of the molecule is CCN(CC)C(=O)c1sc2cnc(Nc3ccc(N4CCNCC4)cn3)cc2c1C1CCCCC1. The minimum absolute atomic E-state index is 0.163. The van der Waals surface area contributed by atoms with Gasteiger partial charge in [0, 0.05) is 50.9 Å². The van der Waals surface area contributed by atoms with Crippen LogP contribution in [-0.4, -0.2) is 60.0 Å². The van der Waals surface area contributed by atoms with Gasteiger partial charge in [-0.25, -0.2) is 9.97 Å². The maximum Gasteiger partial charge on any atom is 0.264 e. The van der Waals surface area contributed by atoms with Crippen molar-refractivity contribution in [3.05, 3.63) is 41.0 Å². The molecule has 3 aromatic heterocycles. The number of pyridine rings is 2. The maximum atomic E-state index is 13.5. The van der Waals surface area contributed by atoms with E-state index in [0.29, 0.717) is 5.92 Å². The first kappa shape index (κ1) is 24.0. The molecule has 0 unspecified atom stereocenters. The third-order valence-corrected chi connectivity index (χ3v) is 8.50. The van der Waals surface area contributed by atoms with E-state index in [4.69, 9.17) is 0 Å². The lowest BCUT2D eigenvalue weighted by molar-refractivity contribution is 0.0776. The van der Waals surface area contributed by atoms with E-state index < -0.39 is 0 Å². The van der Waals surface area contributed by atoms with Crippen molar-refractivity contribution in [2.24, 2.45) is 0 Å². The minimum atomic E-state index is 0.163. The highest BCUT2D eigenvalue weighted by Crippen LogP contribution is 2.43. The Kier molecular flexibility index (Phi) is 7.48. The topological polar surface area (TPSA) is 73.4 Å². The van der Waals surface area contributed by atoms with Gasteiger partial charge >= 0.3 is 0 Å². The predicted octanol–water partition coefficient (Wildman–Crippen LogP) is 5.37. The van der Waals surface area contributed by atoms with E-state index in [1.807, 2.05) is 23.4 Å². The fourth-order valence-electron chi connectivity index (χ4n) is 5.40. The summed E-state index contributed by atoms with van der Waals surface area (Å²) in [6.07, 6.45) is 9.94. The zero-order chi connectivity index (χ0) is 24.2. The van der Waals surface area contributed by atoms with Crippen molar-refractivity contribution in [1.82, 2.24) is 20.2 Å². The van der Waals surface area contributed by atoms with Gasteiger partial charge in [-0.2, -0.15) is 0 Å². The molecule has 186 valence electrons. The summed E-state index contributed by atoms with van der Waals surface area (Å²) in [5.41, 5.74) is 2.39. The van der Waals surface area contributed by atoms with Crippen LogP contribution in [0.2, 0.25) is 0 Å². The molecule has 0 radical (unpaired) electrons. The molecule has 1 aliphatic heterocycles. The second kappa shape index (κ2) is 10.9. The average Bonchev–Trinajstić information content (AvgIpc) is 3.29. The molecule has 3 aromatic rings. The molecule has 0 spiro atoms. The number of nitrogens with zero attached hydrogens (tertiary/aromatic N) is 4. The van der Waals surface area contributed by atoms with Crippen molar-refractivity contribution in [2.45, 2.75) is 51.9 Å². The quantitative estimate of drug-likeness (QED) is 0.462. The molecule has 7 nitrogen and oxygen atoms in total. The Morgan fingerprint density at radius 2 is 1.83 bits per heavy atom. The van der Waals surface area contributed by atoms with Crippen LogP contribution in [0.4, 0.5) is 17.3 Å². The molecule has 8 heteroatoms. The number of fused-ring (bicyclic) bond motifs is 1. The summed E-state index contributed by atoms with van der Waals surface area (Å²) in [5.74, 6) is 2.16. The van der Waals surface area contributed by atoms with E-state index in [9.17, 15) is 4.79 Å². The number of hydrogen-bond acceptors (Lipinski definition) is 7. The number of aromatic nitrogens is 2. The highest BCUT2D eigenvalue weighted by Gasteiger charge is 2.28. The largest absolute Gasteiger partial charge is 0.368 e. The second-order valence-corrected chi connectivity index (χ2v) is 10.5. The summed E-state index contributed by atoms with van der Waals surface area (Å²) in [7, 11) is 0. The summed E-state index contributed by atoms with van der Waals surface area (Å²) >= 11 is 1.61. The van der Waals surface area contributed by atoms with Crippen LogP contribution in [0.15, 0.2) is 30.6 Å². The van der Waals surface area contributed by atoms with Gasteiger partial charge in [-0.05, 0) is 56.4 Å². The fourth-order valence-corrected chi connectivity index (χ4v) is 6.61. The van der Waals surface area contributed by atoms with Crippen molar-refractivity contribution >= 4 is 44.7 Å². The highest BCUT2D eigenvalue weighted by molar-refractivity contribution is 7.21. The lowest BCUT2D eigenvalue weighted by Gasteiger charge is -2.29. The van der Waals surface area contributed by atoms with Crippen LogP contribution in [0, 0.1) is 0 Å². The van der Waals surface area contributed by atoms with E-state index in [1.54, 1.807) is 11.3 Å². The normalized spacial score (nSPS) is 17.0. The summed E-state index contributed by atoms with van der Waals surface area (Å²) in [6.45, 7) is 9.59. The Morgan fingerprint density at radius 1 is 1.09 bits per heavy atom. The molecule has 0 aromatic carbocycles. The van der Waals surface area contributed by atoms with Crippen LogP contribution in [-0.2, 0) is 0 Å². The molecule has 2 aliphatic rings. The van der Waals surface area contributed by atoms with Crippen LogP contribution in [0.25, 0.3) is 10.1 Å². The Labute approximate surface area is 211 Å².